The molecule has 0 saturated carbocycles. The summed E-state index contributed by atoms with van der Waals surface area (Å²) in [5, 5.41) is 4.13. The Morgan fingerprint density at radius 2 is 1.77 bits per heavy atom. The Balaban J connectivity index is 1.36. The van der Waals surface area contributed by atoms with Crippen LogP contribution in [0, 0.1) is 5.92 Å². The Morgan fingerprint density at radius 1 is 1.03 bits per heavy atom. The Labute approximate surface area is 187 Å². The van der Waals surface area contributed by atoms with Crippen LogP contribution < -0.4 is 5.32 Å². The third-order valence-corrected chi connectivity index (χ3v) is 6.06. The molecule has 2 aromatic carbocycles. The van der Waals surface area contributed by atoms with Crippen molar-refractivity contribution >= 4 is 41.1 Å². The van der Waals surface area contributed by atoms with Crippen LogP contribution in [0.3, 0.4) is 0 Å². The molecule has 2 amide bonds. The molecule has 2 aromatic rings. The maximum Gasteiger partial charge on any atom is 0.246 e. The molecule has 30 heavy (non-hydrogen) atoms. The van der Waals surface area contributed by atoms with Gasteiger partial charge in [0.25, 0.3) is 0 Å². The summed E-state index contributed by atoms with van der Waals surface area (Å²) in [7, 11) is 0. The predicted octanol–water partition coefficient (Wildman–Crippen LogP) is 4.99. The summed E-state index contributed by atoms with van der Waals surface area (Å²) in [4.78, 5) is 26.6. The lowest BCUT2D eigenvalue weighted by molar-refractivity contribution is -0.132. The molecule has 1 aliphatic rings. The summed E-state index contributed by atoms with van der Waals surface area (Å²) in [6, 6.07) is 15.4. The highest BCUT2D eigenvalue weighted by Gasteiger charge is 2.26. The summed E-state index contributed by atoms with van der Waals surface area (Å²) in [5.74, 6) is 0.0486. The van der Waals surface area contributed by atoms with Gasteiger partial charge in [-0.1, -0.05) is 59.6 Å². The lowest BCUT2D eigenvalue weighted by Crippen LogP contribution is -2.42. The average molecular weight is 445 g/mol. The minimum atomic E-state index is -0.0304. The van der Waals surface area contributed by atoms with Gasteiger partial charge in [0.2, 0.25) is 11.8 Å². The summed E-state index contributed by atoms with van der Waals surface area (Å²) < 4.78 is 0. The van der Waals surface area contributed by atoms with Crippen LogP contribution in [0.15, 0.2) is 54.6 Å². The fourth-order valence-electron chi connectivity index (χ4n) is 3.54. The fraction of sp³-hybridized carbons (Fsp3) is 0.333. The SMILES string of the molecule is O=C(NCCCc1ccc(Cl)c(Cl)c1)C1CCN(C(=O)/C=C/c2ccccc2)CC1. The standard InChI is InChI=1S/C24H26Cl2N2O2/c25-21-10-8-19(17-22(21)26)7-4-14-27-24(30)20-12-15-28(16-13-20)23(29)11-9-18-5-2-1-3-6-18/h1-3,5-6,8-11,17,20H,4,7,12-16H2,(H,27,30)/b11-9+. The van der Waals surface area contributed by atoms with Crippen molar-refractivity contribution in [3.63, 3.8) is 0 Å². The number of halogens is 2. The summed E-state index contributed by atoms with van der Waals surface area (Å²) in [6.07, 6.45) is 6.50. The van der Waals surface area contributed by atoms with E-state index in [0.29, 0.717) is 42.5 Å². The van der Waals surface area contributed by atoms with Gasteiger partial charge < -0.3 is 10.2 Å². The quantitative estimate of drug-likeness (QED) is 0.482. The second kappa shape index (κ2) is 11.2. The van der Waals surface area contributed by atoms with E-state index in [0.717, 1.165) is 24.0 Å². The summed E-state index contributed by atoms with van der Waals surface area (Å²) in [5.41, 5.74) is 2.11. The summed E-state index contributed by atoms with van der Waals surface area (Å²) in [6.45, 7) is 1.84. The van der Waals surface area contributed by atoms with Crippen molar-refractivity contribution in [1.82, 2.24) is 10.2 Å². The molecule has 0 bridgehead atoms. The van der Waals surface area contributed by atoms with Gasteiger partial charge in [0, 0.05) is 31.6 Å². The highest BCUT2D eigenvalue weighted by atomic mass is 35.5. The predicted molar refractivity (Wildman–Crippen MR) is 123 cm³/mol. The molecule has 1 fully saturated rings. The number of carbonyl (C=O) groups is 2. The molecule has 158 valence electrons. The third kappa shape index (κ3) is 6.61. The van der Waals surface area contributed by atoms with E-state index in [1.54, 1.807) is 12.1 Å². The van der Waals surface area contributed by atoms with Gasteiger partial charge in [-0.2, -0.15) is 0 Å². The highest BCUT2D eigenvalue weighted by molar-refractivity contribution is 6.42. The first-order valence-electron chi connectivity index (χ1n) is 10.3. The largest absolute Gasteiger partial charge is 0.356 e. The van der Waals surface area contributed by atoms with Gasteiger partial charge in [-0.15, -0.1) is 0 Å². The van der Waals surface area contributed by atoms with Crippen molar-refractivity contribution in [3.05, 3.63) is 75.8 Å². The molecule has 0 atom stereocenters. The van der Waals surface area contributed by atoms with E-state index in [2.05, 4.69) is 5.32 Å². The summed E-state index contributed by atoms with van der Waals surface area (Å²) >= 11 is 12.0. The number of nitrogens with one attached hydrogen (secondary N) is 1. The Morgan fingerprint density at radius 3 is 2.47 bits per heavy atom. The van der Waals surface area contributed by atoms with Crippen molar-refractivity contribution < 1.29 is 9.59 Å². The molecule has 0 radical (unpaired) electrons. The molecule has 1 saturated heterocycles. The molecule has 3 rings (SSSR count). The number of likely N-dealkylation sites (tertiary alicyclic amines) is 1. The first-order valence-corrected chi connectivity index (χ1v) is 11.0. The van der Waals surface area contributed by atoms with Crippen molar-refractivity contribution in [2.75, 3.05) is 19.6 Å². The molecule has 1 aliphatic heterocycles. The molecule has 0 aromatic heterocycles. The molecular formula is C24H26Cl2N2O2. The lowest BCUT2D eigenvalue weighted by atomic mass is 9.95. The van der Waals surface area contributed by atoms with Crippen LogP contribution >= 0.6 is 23.2 Å². The maximum absolute atomic E-state index is 12.4. The average Bonchev–Trinajstić information content (AvgIpc) is 2.78. The van der Waals surface area contributed by atoms with E-state index in [9.17, 15) is 9.59 Å². The van der Waals surface area contributed by atoms with E-state index in [1.807, 2.05) is 53.4 Å². The van der Waals surface area contributed by atoms with Crippen molar-refractivity contribution in [2.24, 2.45) is 5.92 Å². The van der Waals surface area contributed by atoms with E-state index in [-0.39, 0.29) is 17.7 Å². The first kappa shape index (κ1) is 22.4. The van der Waals surface area contributed by atoms with Crippen LogP contribution in [-0.2, 0) is 16.0 Å². The number of aryl methyl sites for hydroxylation is 1. The zero-order chi connectivity index (χ0) is 21.3. The van der Waals surface area contributed by atoms with Crippen LogP contribution in [0.25, 0.3) is 6.08 Å². The zero-order valence-electron chi connectivity index (χ0n) is 16.8. The number of piperidine rings is 1. The second-order valence-electron chi connectivity index (χ2n) is 7.49. The molecule has 1 N–H and O–H groups in total. The van der Waals surface area contributed by atoms with Crippen LogP contribution in [-0.4, -0.2) is 36.3 Å². The van der Waals surface area contributed by atoms with Gasteiger partial charge in [-0.25, -0.2) is 0 Å². The smallest absolute Gasteiger partial charge is 0.246 e. The van der Waals surface area contributed by atoms with E-state index in [4.69, 9.17) is 23.2 Å². The number of benzene rings is 2. The van der Waals surface area contributed by atoms with Crippen molar-refractivity contribution in [1.29, 1.82) is 0 Å². The van der Waals surface area contributed by atoms with Gasteiger partial charge in [0.15, 0.2) is 0 Å². The lowest BCUT2D eigenvalue weighted by Gasteiger charge is -2.30. The number of hydrogen-bond acceptors (Lipinski definition) is 2. The van der Waals surface area contributed by atoms with Gasteiger partial charge in [0.1, 0.15) is 0 Å². The Hall–Kier alpha value is -2.30. The highest BCUT2D eigenvalue weighted by Crippen LogP contribution is 2.23. The van der Waals surface area contributed by atoms with E-state index >= 15 is 0 Å². The molecule has 4 nitrogen and oxygen atoms in total. The van der Waals surface area contributed by atoms with Crippen LogP contribution in [0.1, 0.15) is 30.4 Å². The van der Waals surface area contributed by atoms with Crippen molar-refractivity contribution in [3.8, 4) is 0 Å². The molecule has 0 spiro atoms. The van der Waals surface area contributed by atoms with Crippen LogP contribution in [0.4, 0.5) is 0 Å². The van der Waals surface area contributed by atoms with Gasteiger partial charge in [-0.3, -0.25) is 9.59 Å². The maximum atomic E-state index is 12.4. The molecule has 0 aliphatic carbocycles. The Kier molecular flexibility index (Phi) is 8.35. The zero-order valence-corrected chi connectivity index (χ0v) is 18.3. The van der Waals surface area contributed by atoms with Gasteiger partial charge >= 0.3 is 0 Å². The van der Waals surface area contributed by atoms with Gasteiger partial charge in [0.05, 0.1) is 10.0 Å². The van der Waals surface area contributed by atoms with Crippen LogP contribution in [0.2, 0.25) is 10.0 Å². The number of rotatable bonds is 7. The monoisotopic (exact) mass is 444 g/mol. The topological polar surface area (TPSA) is 49.4 Å². The van der Waals surface area contributed by atoms with Gasteiger partial charge in [-0.05, 0) is 55.0 Å². The van der Waals surface area contributed by atoms with E-state index < -0.39 is 0 Å². The van der Waals surface area contributed by atoms with Crippen molar-refractivity contribution in [2.45, 2.75) is 25.7 Å². The number of hydrogen-bond donors (Lipinski definition) is 1. The number of carbonyl (C=O) groups excluding carboxylic acids is 2. The first-order chi connectivity index (χ1) is 14.5. The molecule has 1 heterocycles. The minimum absolute atomic E-state index is 0.000614. The second-order valence-corrected chi connectivity index (χ2v) is 8.30. The minimum Gasteiger partial charge on any atom is -0.356 e. The number of amides is 2. The molecule has 6 heteroatoms. The molecule has 0 unspecified atom stereocenters. The molecular weight excluding hydrogens is 419 g/mol. The van der Waals surface area contributed by atoms with Crippen LogP contribution in [0.5, 0.6) is 0 Å². The van der Waals surface area contributed by atoms with E-state index in [1.165, 1.54) is 0 Å². The fourth-order valence-corrected chi connectivity index (χ4v) is 3.86. The number of nitrogens with zero attached hydrogens (tertiary/aromatic N) is 1. The third-order valence-electron chi connectivity index (χ3n) is 5.32. The Bertz CT molecular complexity index is 891. The normalized spacial score (nSPS) is 14.8.